The van der Waals surface area contributed by atoms with E-state index in [9.17, 15) is 64.5 Å². The third-order valence-electron chi connectivity index (χ3n) is 11.4. The molecule has 75 heavy (non-hydrogen) atoms. The Morgan fingerprint density at radius 3 is 1.72 bits per heavy atom. The molecule has 0 spiro atoms. The van der Waals surface area contributed by atoms with Crippen molar-refractivity contribution in [2.75, 3.05) is 63.3 Å². The van der Waals surface area contributed by atoms with E-state index in [4.69, 9.17) is 32.7 Å². The summed E-state index contributed by atoms with van der Waals surface area (Å²) in [6.07, 6.45) is -10.5. The van der Waals surface area contributed by atoms with Gasteiger partial charge in [-0.2, -0.15) is 9.97 Å². The number of rotatable bonds is 16. The van der Waals surface area contributed by atoms with E-state index in [0.717, 1.165) is 56.6 Å². The molecule has 0 atom stereocenters. The Hall–Kier alpha value is -7.68. The number of carbonyl (C=O) groups excluding carboxylic acids is 4. The maximum absolute atomic E-state index is 14.7. The molecule has 4 aromatic carbocycles. The van der Waals surface area contributed by atoms with Crippen LogP contribution >= 0.6 is 23.2 Å². The van der Waals surface area contributed by atoms with E-state index in [2.05, 4.69) is 19.4 Å². The van der Waals surface area contributed by atoms with Gasteiger partial charge in [-0.25, -0.2) is 8.78 Å². The Balaban J connectivity index is 1.21. The molecule has 0 bridgehead atoms. The Labute approximate surface area is 428 Å². The van der Waals surface area contributed by atoms with Gasteiger partial charge in [0.05, 0.1) is 26.2 Å². The lowest BCUT2D eigenvalue weighted by atomic mass is 10.0. The number of aliphatic hydroxyl groups is 2. The number of benzene rings is 4. The van der Waals surface area contributed by atoms with Crippen LogP contribution < -0.4 is 28.7 Å². The lowest BCUT2D eigenvalue weighted by Crippen LogP contribution is -2.46. The van der Waals surface area contributed by atoms with Crippen LogP contribution in [0.3, 0.4) is 0 Å². The zero-order chi connectivity index (χ0) is 54.3. The van der Waals surface area contributed by atoms with Crippen molar-refractivity contribution in [2.24, 2.45) is 0 Å². The van der Waals surface area contributed by atoms with Gasteiger partial charge < -0.3 is 39.0 Å². The molecule has 4 amide bonds. The van der Waals surface area contributed by atoms with Crippen LogP contribution in [-0.4, -0.2) is 135 Å². The minimum atomic E-state index is -5.35. The van der Waals surface area contributed by atoms with Gasteiger partial charge in [-0.15, -0.1) is 26.3 Å². The number of fused-ring (bicyclic) bond motifs is 2. The van der Waals surface area contributed by atoms with Crippen LogP contribution in [0, 0.1) is 0 Å². The summed E-state index contributed by atoms with van der Waals surface area (Å²) in [4.78, 5) is 66.9. The summed E-state index contributed by atoms with van der Waals surface area (Å²) in [7, 11) is 2.51. The highest BCUT2D eigenvalue weighted by Gasteiger charge is 2.42. The van der Waals surface area contributed by atoms with Gasteiger partial charge in [-0.3, -0.25) is 38.1 Å². The monoisotopic (exact) mass is 1100 g/mol. The summed E-state index contributed by atoms with van der Waals surface area (Å²) in [5.41, 5.74) is -0.520. The minimum Gasteiger partial charge on any atom is -0.425 e. The maximum Gasteiger partial charge on any atom is 0.573 e. The smallest absolute Gasteiger partial charge is 0.425 e. The van der Waals surface area contributed by atoms with Crippen LogP contribution in [0.1, 0.15) is 32.1 Å². The molecule has 396 valence electrons. The van der Waals surface area contributed by atoms with E-state index in [1.807, 2.05) is 0 Å². The van der Waals surface area contributed by atoms with Gasteiger partial charge in [0.25, 0.3) is 17.7 Å². The van der Waals surface area contributed by atoms with E-state index in [1.165, 1.54) is 41.9 Å². The van der Waals surface area contributed by atoms with Crippen molar-refractivity contribution >= 4 is 58.5 Å². The van der Waals surface area contributed by atoms with E-state index < -0.39 is 111 Å². The summed E-state index contributed by atoms with van der Waals surface area (Å²) < 4.78 is 134. The number of imidazole rings is 2. The van der Waals surface area contributed by atoms with Crippen LogP contribution in [0.5, 0.6) is 35.0 Å². The molecule has 0 aliphatic carbocycles. The lowest BCUT2D eigenvalue weighted by molar-refractivity contribution is -0.275. The largest absolute Gasteiger partial charge is 0.573 e. The number of nitrogens with zero attached hydrogens (tertiary/aromatic N) is 8. The number of amides is 4. The van der Waals surface area contributed by atoms with Crippen molar-refractivity contribution in [1.82, 2.24) is 28.9 Å². The van der Waals surface area contributed by atoms with Crippen LogP contribution in [0.25, 0.3) is 11.1 Å². The van der Waals surface area contributed by atoms with Crippen molar-refractivity contribution in [1.29, 1.82) is 0 Å². The molecule has 2 aliphatic rings. The predicted molar refractivity (Wildman–Crippen MR) is 249 cm³/mol. The molecular weight excluding hydrogens is 1060 g/mol. The van der Waals surface area contributed by atoms with Gasteiger partial charge in [0.2, 0.25) is 11.8 Å². The Morgan fingerprint density at radius 2 is 1.15 bits per heavy atom. The van der Waals surface area contributed by atoms with Gasteiger partial charge in [-0.1, -0.05) is 47.5 Å². The van der Waals surface area contributed by atoms with Crippen LogP contribution in [-0.2, 0) is 22.7 Å². The van der Waals surface area contributed by atoms with Gasteiger partial charge in [0.15, 0.2) is 23.0 Å². The molecule has 4 heterocycles. The Morgan fingerprint density at radius 1 is 0.613 bits per heavy atom. The van der Waals surface area contributed by atoms with Crippen molar-refractivity contribution in [3.05, 3.63) is 117 Å². The second kappa shape index (κ2) is 20.9. The number of hydrogen-bond acceptors (Lipinski definition) is 12. The zero-order valence-electron chi connectivity index (χ0n) is 38.8. The number of carbonyl (C=O) groups is 4. The molecule has 0 unspecified atom stereocenters. The molecule has 0 radical (unpaired) electrons. The summed E-state index contributed by atoms with van der Waals surface area (Å²) in [5.74, 6) is -10.3. The fraction of sp³-hybridized carbons (Fsp3) is 0.277. The number of hydrogen-bond donors (Lipinski definition) is 2. The molecule has 2 aliphatic heterocycles. The third kappa shape index (κ3) is 12.0. The van der Waals surface area contributed by atoms with Crippen molar-refractivity contribution < 1.29 is 83.5 Å². The molecule has 8 rings (SSSR count). The highest BCUT2D eigenvalue weighted by atomic mass is 35.5. The fourth-order valence-corrected chi connectivity index (χ4v) is 8.28. The number of ether oxygens (including phenoxy) is 4. The average molecular weight is 1100 g/mol. The summed E-state index contributed by atoms with van der Waals surface area (Å²) >= 11 is 12.8. The first-order chi connectivity index (χ1) is 35.3. The normalized spacial score (nSPS) is 14.5. The first kappa shape index (κ1) is 53.6. The fourth-order valence-electron chi connectivity index (χ4n) is 7.93. The molecule has 2 aromatic heterocycles. The Bertz CT molecular complexity index is 3190. The summed E-state index contributed by atoms with van der Waals surface area (Å²) in [6, 6.07) is 16.6. The van der Waals surface area contributed by atoms with Crippen molar-refractivity contribution in [2.45, 2.75) is 31.7 Å². The second-order valence-corrected chi connectivity index (χ2v) is 17.6. The topological polar surface area (TPSA) is 194 Å². The lowest BCUT2D eigenvalue weighted by Gasteiger charge is -2.25. The number of anilines is 2. The van der Waals surface area contributed by atoms with E-state index in [-0.39, 0.29) is 63.8 Å². The first-order valence-electron chi connectivity index (χ1n) is 21.9. The van der Waals surface area contributed by atoms with E-state index in [1.54, 1.807) is 24.3 Å². The third-order valence-corrected chi connectivity index (χ3v) is 12.0. The first-order valence-corrected chi connectivity index (χ1v) is 22.6. The molecule has 2 N–H and O–H groups in total. The second-order valence-electron chi connectivity index (χ2n) is 16.7. The molecule has 18 nitrogen and oxygen atoms in total. The van der Waals surface area contributed by atoms with E-state index in [0.29, 0.717) is 15.5 Å². The predicted octanol–water partition coefficient (Wildman–Crippen LogP) is 7.99. The summed E-state index contributed by atoms with van der Waals surface area (Å²) in [5, 5.41) is 19.3. The number of alkyl halides is 8. The van der Waals surface area contributed by atoms with E-state index >= 15 is 0 Å². The van der Waals surface area contributed by atoms with Gasteiger partial charge >= 0.3 is 24.7 Å². The zero-order valence-corrected chi connectivity index (χ0v) is 40.3. The quantitative estimate of drug-likeness (QED) is 0.0889. The maximum atomic E-state index is 14.7. The number of β-amino-alcohol motifs (C(OH)–C–C–N with tert-alkyl or cyclic N) is 1. The standard InChI is InChI=1S/C47H38Cl2F8N8O10/c1-60-35(68)21-62(14-15-66)41(70)37-39(60)58-43(64(37)19-25-6-9-27(48)10-7-25)73-29-11-12-31(34(18-29)75-47(55,56)57)32-16-26(8-13-33(32)49)20-65-38-40(61(2)36(69)22-63(42(38)71)23-45(50,51)24-67)59-44(65)72-28-4-3-5-30(17-28)74-46(52,53)54/h3-13,16-18,66-67H,14-15,19-24H2,1-2H3. The summed E-state index contributed by atoms with van der Waals surface area (Å²) in [6.45, 7) is -5.91. The number of aromatic nitrogens is 4. The van der Waals surface area contributed by atoms with Gasteiger partial charge in [0.1, 0.15) is 42.7 Å². The molecular formula is C47H38Cl2F8N8O10. The molecule has 28 heteroatoms. The van der Waals surface area contributed by atoms with Crippen LogP contribution in [0.4, 0.5) is 46.8 Å². The van der Waals surface area contributed by atoms with Gasteiger partial charge in [0, 0.05) is 53.9 Å². The molecule has 6 aromatic rings. The average Bonchev–Trinajstić information content (AvgIpc) is 3.82. The molecule has 0 saturated heterocycles. The minimum absolute atomic E-state index is 0.0921. The molecule has 0 fully saturated rings. The van der Waals surface area contributed by atoms with Crippen LogP contribution in [0.2, 0.25) is 10.0 Å². The highest BCUT2D eigenvalue weighted by Crippen LogP contribution is 2.43. The Kier molecular flexibility index (Phi) is 14.9. The van der Waals surface area contributed by atoms with Crippen LogP contribution in [0.15, 0.2) is 84.9 Å². The highest BCUT2D eigenvalue weighted by molar-refractivity contribution is 6.33. The number of halogens is 10. The van der Waals surface area contributed by atoms with Crippen molar-refractivity contribution in [3.8, 4) is 46.1 Å². The SMILES string of the molecule is CN1C(=O)CN(CCO)C(=O)c2c1nc(Oc1ccc(-c3cc(Cn4c(Oc5cccc(OC(F)(F)F)c5)nc5c4C(=O)N(CC(F)(F)CO)CC(=O)N5C)ccc3Cl)c(OC(F)(F)F)c1)n2Cc1ccc(Cl)cc1. The number of likely N-dealkylation sites (N-methyl/N-ethyl adjacent to an activating group) is 2. The molecule has 0 saturated carbocycles. The van der Waals surface area contributed by atoms with Crippen molar-refractivity contribution in [3.63, 3.8) is 0 Å². The van der Waals surface area contributed by atoms with Gasteiger partial charge in [-0.05, 0) is 59.7 Å². The number of aliphatic hydroxyl groups excluding tert-OH is 2.